The number of likely N-dealkylation sites (tertiary alicyclic amines) is 2. The van der Waals surface area contributed by atoms with Crippen LogP contribution in [-0.2, 0) is 4.79 Å². The smallest absolute Gasteiger partial charge is 0.313 e. The second-order valence-electron chi connectivity index (χ2n) is 7.84. The molecule has 2 atom stereocenters. The summed E-state index contributed by atoms with van der Waals surface area (Å²) in [5.74, 6) is -1.89. The summed E-state index contributed by atoms with van der Waals surface area (Å²) in [7, 11) is 0. The molecule has 0 bridgehead atoms. The number of hydrogen-bond donors (Lipinski definition) is 1. The molecule has 1 amide bonds. The molecule has 140 valence electrons. The van der Waals surface area contributed by atoms with Crippen molar-refractivity contribution in [2.45, 2.75) is 31.7 Å². The van der Waals surface area contributed by atoms with Crippen molar-refractivity contribution >= 4 is 23.5 Å². The number of aliphatic carboxylic acids is 1. The minimum Gasteiger partial charge on any atom is -0.481 e. The summed E-state index contributed by atoms with van der Waals surface area (Å²) in [5.41, 5.74) is -0.705. The van der Waals surface area contributed by atoms with Gasteiger partial charge in [-0.15, -0.1) is 0 Å². The van der Waals surface area contributed by atoms with Gasteiger partial charge in [0.2, 0.25) is 0 Å². The van der Waals surface area contributed by atoms with Crippen molar-refractivity contribution in [3.8, 4) is 0 Å². The van der Waals surface area contributed by atoms with Gasteiger partial charge in [-0.2, -0.15) is 0 Å². The lowest BCUT2D eigenvalue weighted by atomic mass is 9.81. The molecular formula is C19H22ClFN2O3. The van der Waals surface area contributed by atoms with Gasteiger partial charge in [0.1, 0.15) is 11.2 Å². The number of amides is 1. The number of hydrogen-bond acceptors (Lipinski definition) is 3. The molecule has 1 aliphatic carbocycles. The zero-order valence-electron chi connectivity index (χ0n) is 14.5. The molecule has 3 aliphatic rings. The van der Waals surface area contributed by atoms with Crippen molar-refractivity contribution in [2.24, 2.45) is 11.3 Å². The maximum Gasteiger partial charge on any atom is 0.313 e. The minimum atomic E-state index is -0.913. The normalized spacial score (nSPS) is 29.3. The number of rotatable bonds is 3. The highest BCUT2D eigenvalue weighted by Crippen LogP contribution is 2.45. The van der Waals surface area contributed by atoms with Crippen molar-refractivity contribution in [3.05, 3.63) is 34.6 Å². The molecule has 0 radical (unpaired) electrons. The monoisotopic (exact) mass is 380 g/mol. The van der Waals surface area contributed by atoms with Crippen molar-refractivity contribution in [1.29, 1.82) is 0 Å². The van der Waals surface area contributed by atoms with Gasteiger partial charge in [0, 0.05) is 43.7 Å². The van der Waals surface area contributed by atoms with Crippen molar-refractivity contribution < 1.29 is 19.1 Å². The highest BCUT2D eigenvalue weighted by Gasteiger charge is 2.59. The van der Waals surface area contributed by atoms with Crippen LogP contribution < -0.4 is 0 Å². The number of carbonyl (C=O) groups excluding carboxylic acids is 1. The fraction of sp³-hybridized carbons (Fsp3) is 0.579. The summed E-state index contributed by atoms with van der Waals surface area (Å²) in [5, 5.41) is 9.91. The number of nitrogens with zero attached hydrogens (tertiary/aromatic N) is 2. The molecule has 4 rings (SSSR count). The summed E-state index contributed by atoms with van der Waals surface area (Å²) in [6.45, 7) is 1.80. The van der Waals surface area contributed by atoms with Crippen LogP contribution in [0.4, 0.5) is 4.39 Å². The second kappa shape index (κ2) is 6.50. The quantitative estimate of drug-likeness (QED) is 0.875. The molecule has 1 saturated carbocycles. The third-order valence-corrected chi connectivity index (χ3v) is 6.66. The van der Waals surface area contributed by atoms with Crippen molar-refractivity contribution in [2.75, 3.05) is 26.2 Å². The molecule has 0 aromatic heterocycles. The fourth-order valence-electron chi connectivity index (χ4n) is 4.92. The molecule has 26 heavy (non-hydrogen) atoms. The van der Waals surface area contributed by atoms with Gasteiger partial charge in [-0.1, -0.05) is 24.4 Å². The zero-order valence-corrected chi connectivity index (χ0v) is 15.2. The highest BCUT2D eigenvalue weighted by molar-refractivity contribution is 6.30. The van der Waals surface area contributed by atoms with Gasteiger partial charge in [-0.05, 0) is 31.0 Å². The van der Waals surface area contributed by atoms with Crippen molar-refractivity contribution in [1.82, 2.24) is 9.80 Å². The number of fused-ring (bicyclic) bond motifs is 1. The van der Waals surface area contributed by atoms with E-state index in [1.165, 1.54) is 25.0 Å². The first-order chi connectivity index (χ1) is 12.4. The molecule has 1 N–H and O–H groups in total. The molecular weight excluding hydrogens is 359 g/mol. The Morgan fingerprint density at radius 2 is 1.92 bits per heavy atom. The molecule has 7 heteroatoms. The number of carboxylic acid groups (broad SMARTS) is 1. The van der Waals surface area contributed by atoms with Crippen LogP contribution in [0.5, 0.6) is 0 Å². The van der Waals surface area contributed by atoms with E-state index in [0.717, 1.165) is 25.5 Å². The van der Waals surface area contributed by atoms with E-state index in [9.17, 15) is 19.1 Å². The van der Waals surface area contributed by atoms with Crippen LogP contribution in [0.2, 0.25) is 5.02 Å². The predicted octanol–water partition coefficient (Wildman–Crippen LogP) is 2.88. The average molecular weight is 381 g/mol. The molecule has 5 nitrogen and oxygen atoms in total. The molecule has 0 spiro atoms. The summed E-state index contributed by atoms with van der Waals surface area (Å²) in [6.07, 6.45) is 4.68. The largest absolute Gasteiger partial charge is 0.481 e. The average Bonchev–Trinajstić information content (AvgIpc) is 3.30. The van der Waals surface area contributed by atoms with Crippen LogP contribution in [0, 0.1) is 17.2 Å². The van der Waals surface area contributed by atoms with E-state index in [2.05, 4.69) is 4.90 Å². The molecule has 3 fully saturated rings. The predicted molar refractivity (Wildman–Crippen MR) is 94.7 cm³/mol. The van der Waals surface area contributed by atoms with Crippen LogP contribution in [0.25, 0.3) is 0 Å². The Balaban J connectivity index is 1.53. The van der Waals surface area contributed by atoms with Crippen LogP contribution >= 0.6 is 11.6 Å². The molecule has 1 aromatic rings. The number of carbonyl (C=O) groups is 2. The number of halogens is 2. The van der Waals surface area contributed by atoms with Gasteiger partial charge in [0.05, 0.1) is 5.02 Å². The number of benzene rings is 1. The summed E-state index contributed by atoms with van der Waals surface area (Å²) >= 11 is 5.68. The Kier molecular flexibility index (Phi) is 4.43. The third-order valence-electron chi connectivity index (χ3n) is 6.36. The molecule has 2 heterocycles. The lowest BCUT2D eigenvalue weighted by Gasteiger charge is -2.28. The minimum absolute atomic E-state index is 0.0333. The Morgan fingerprint density at radius 3 is 2.54 bits per heavy atom. The van der Waals surface area contributed by atoms with Crippen LogP contribution in [-0.4, -0.2) is 59.0 Å². The Labute approximate surface area is 156 Å². The topological polar surface area (TPSA) is 60.9 Å². The van der Waals surface area contributed by atoms with Crippen LogP contribution in [0.1, 0.15) is 36.0 Å². The van der Waals surface area contributed by atoms with Gasteiger partial charge in [0.25, 0.3) is 5.91 Å². The van der Waals surface area contributed by atoms with E-state index >= 15 is 0 Å². The number of carboxylic acids is 1. The van der Waals surface area contributed by atoms with Gasteiger partial charge in [-0.3, -0.25) is 14.5 Å². The Bertz CT molecular complexity index is 752. The lowest BCUT2D eigenvalue weighted by Crippen LogP contribution is -2.43. The van der Waals surface area contributed by atoms with Crippen LogP contribution in [0.15, 0.2) is 18.2 Å². The maximum absolute atomic E-state index is 13.7. The van der Waals surface area contributed by atoms with Gasteiger partial charge >= 0.3 is 5.97 Å². The summed E-state index contributed by atoms with van der Waals surface area (Å²) < 4.78 is 13.7. The molecule has 2 aliphatic heterocycles. The SMILES string of the molecule is O=C(c1ccc(Cl)c(F)c1)N1C[C@@H]2CN(C3CCCC3)C[C@]2(C(=O)O)C1. The first-order valence-electron chi connectivity index (χ1n) is 9.12. The third kappa shape index (κ3) is 2.79. The highest BCUT2D eigenvalue weighted by atomic mass is 35.5. The molecule has 2 saturated heterocycles. The second-order valence-corrected chi connectivity index (χ2v) is 8.25. The zero-order chi connectivity index (χ0) is 18.5. The fourth-order valence-corrected chi connectivity index (χ4v) is 5.04. The van der Waals surface area contributed by atoms with Gasteiger partial charge in [-0.25, -0.2) is 4.39 Å². The van der Waals surface area contributed by atoms with E-state index in [-0.39, 0.29) is 29.0 Å². The van der Waals surface area contributed by atoms with E-state index in [1.807, 2.05) is 0 Å². The Morgan fingerprint density at radius 1 is 1.19 bits per heavy atom. The van der Waals surface area contributed by atoms with Gasteiger partial charge in [0.15, 0.2) is 0 Å². The van der Waals surface area contributed by atoms with E-state index < -0.39 is 17.2 Å². The first-order valence-corrected chi connectivity index (χ1v) is 9.50. The maximum atomic E-state index is 13.7. The molecule has 0 unspecified atom stereocenters. The van der Waals surface area contributed by atoms with E-state index in [1.54, 1.807) is 4.90 Å². The van der Waals surface area contributed by atoms with Gasteiger partial charge < -0.3 is 10.0 Å². The van der Waals surface area contributed by atoms with E-state index in [0.29, 0.717) is 19.1 Å². The summed E-state index contributed by atoms with van der Waals surface area (Å²) in [6, 6.07) is 4.44. The standard InChI is InChI=1S/C19H22ClFN2O3/c20-15-6-5-12(7-16(15)21)17(24)23-9-13-8-22(14-3-1-2-4-14)10-19(13,11-23)18(25)26/h5-7,13-14H,1-4,8-11H2,(H,25,26)/t13-,19-/m0/s1. The first kappa shape index (κ1) is 17.7. The molecule has 1 aromatic carbocycles. The van der Waals surface area contributed by atoms with E-state index in [4.69, 9.17) is 11.6 Å². The Hall–Kier alpha value is -1.66. The van der Waals surface area contributed by atoms with Crippen molar-refractivity contribution in [3.63, 3.8) is 0 Å². The summed E-state index contributed by atoms with van der Waals surface area (Å²) in [4.78, 5) is 28.8. The lowest BCUT2D eigenvalue weighted by molar-refractivity contribution is -0.148. The van der Waals surface area contributed by atoms with Crippen LogP contribution in [0.3, 0.4) is 0 Å².